The van der Waals surface area contributed by atoms with E-state index in [9.17, 15) is 9.90 Å². The van der Waals surface area contributed by atoms with Gasteiger partial charge in [0.2, 0.25) is 0 Å². The number of hydrogen-bond donors (Lipinski definition) is 1. The van der Waals surface area contributed by atoms with Crippen LogP contribution >= 0.6 is 0 Å². The van der Waals surface area contributed by atoms with Crippen LogP contribution < -0.4 is 4.74 Å². The van der Waals surface area contributed by atoms with Gasteiger partial charge in [0.1, 0.15) is 0 Å². The molecule has 0 aliphatic heterocycles. The zero-order valence-corrected chi connectivity index (χ0v) is 9.90. The lowest BCUT2D eigenvalue weighted by Crippen LogP contribution is -2.30. The lowest BCUT2D eigenvalue weighted by atomic mass is 9.84. The molecule has 0 aliphatic carbocycles. The zero-order valence-electron chi connectivity index (χ0n) is 9.90. The highest BCUT2D eigenvalue weighted by atomic mass is 16.5. The third-order valence-corrected chi connectivity index (χ3v) is 2.60. The third kappa shape index (κ3) is 2.10. The van der Waals surface area contributed by atoms with Gasteiger partial charge >= 0.3 is 5.97 Å². The van der Waals surface area contributed by atoms with Crippen molar-refractivity contribution in [2.24, 2.45) is 0 Å². The van der Waals surface area contributed by atoms with E-state index in [0.29, 0.717) is 5.75 Å². The Kier molecular flexibility index (Phi) is 3.42. The average molecular weight is 224 g/mol. The molecule has 1 N–H and O–H groups in total. The van der Waals surface area contributed by atoms with Gasteiger partial charge in [-0.05, 0) is 31.5 Å². The van der Waals surface area contributed by atoms with Gasteiger partial charge in [-0.2, -0.15) is 0 Å². The fraction of sp³-hybridized carbons (Fsp3) is 0.417. The standard InChI is InChI=1S/C12H16O4/c1-12(2,11(14)16-4)8-5-6-9(13)10(7-8)15-3/h5-7,13H,1-4H3. The number of carbonyl (C=O) groups is 1. The van der Waals surface area contributed by atoms with E-state index in [1.807, 2.05) is 0 Å². The Morgan fingerprint density at radius 3 is 2.44 bits per heavy atom. The van der Waals surface area contributed by atoms with Gasteiger partial charge in [0.05, 0.1) is 19.6 Å². The monoisotopic (exact) mass is 224 g/mol. The van der Waals surface area contributed by atoms with Crippen molar-refractivity contribution in [1.29, 1.82) is 0 Å². The molecular weight excluding hydrogens is 208 g/mol. The molecule has 1 aromatic carbocycles. The van der Waals surface area contributed by atoms with Crippen molar-refractivity contribution in [3.8, 4) is 11.5 Å². The maximum atomic E-state index is 11.6. The topological polar surface area (TPSA) is 55.8 Å². The Labute approximate surface area is 94.8 Å². The highest BCUT2D eigenvalue weighted by molar-refractivity contribution is 5.82. The summed E-state index contributed by atoms with van der Waals surface area (Å²) in [5, 5.41) is 9.46. The van der Waals surface area contributed by atoms with Gasteiger partial charge in [-0.3, -0.25) is 4.79 Å². The first kappa shape index (κ1) is 12.4. The molecule has 4 heteroatoms. The molecule has 0 atom stereocenters. The molecule has 4 nitrogen and oxygen atoms in total. The van der Waals surface area contributed by atoms with Crippen LogP contribution in [0.2, 0.25) is 0 Å². The number of esters is 1. The number of hydrogen-bond acceptors (Lipinski definition) is 4. The molecule has 0 aromatic heterocycles. The molecule has 0 unspecified atom stereocenters. The smallest absolute Gasteiger partial charge is 0.315 e. The summed E-state index contributed by atoms with van der Waals surface area (Å²) in [5.74, 6) is 0.0571. The zero-order chi connectivity index (χ0) is 12.3. The van der Waals surface area contributed by atoms with Gasteiger partial charge in [0.25, 0.3) is 0 Å². The van der Waals surface area contributed by atoms with Crippen LogP contribution in [0.15, 0.2) is 18.2 Å². The van der Waals surface area contributed by atoms with Crippen LogP contribution in [0.4, 0.5) is 0 Å². The van der Waals surface area contributed by atoms with Crippen LogP contribution in [0.5, 0.6) is 11.5 Å². The summed E-state index contributed by atoms with van der Waals surface area (Å²) in [6, 6.07) is 4.81. The first-order valence-corrected chi connectivity index (χ1v) is 4.89. The summed E-state index contributed by atoms with van der Waals surface area (Å²) in [7, 11) is 2.81. The second-order valence-electron chi connectivity index (χ2n) is 4.00. The van der Waals surface area contributed by atoms with E-state index in [1.54, 1.807) is 26.0 Å². The molecular formula is C12H16O4. The van der Waals surface area contributed by atoms with E-state index < -0.39 is 5.41 Å². The molecule has 88 valence electrons. The summed E-state index contributed by atoms with van der Waals surface area (Å²) in [4.78, 5) is 11.6. The summed E-state index contributed by atoms with van der Waals surface area (Å²) in [6.07, 6.45) is 0. The highest BCUT2D eigenvalue weighted by Crippen LogP contribution is 2.32. The van der Waals surface area contributed by atoms with Crippen molar-refractivity contribution >= 4 is 5.97 Å². The van der Waals surface area contributed by atoms with Gasteiger partial charge in [0, 0.05) is 0 Å². The average Bonchev–Trinajstić information content (AvgIpc) is 2.28. The van der Waals surface area contributed by atoms with Gasteiger partial charge in [-0.15, -0.1) is 0 Å². The molecule has 0 aliphatic rings. The molecule has 0 saturated carbocycles. The lowest BCUT2D eigenvalue weighted by molar-refractivity contribution is -0.146. The van der Waals surface area contributed by atoms with Gasteiger partial charge < -0.3 is 14.6 Å². The van der Waals surface area contributed by atoms with Crippen LogP contribution in [0.1, 0.15) is 19.4 Å². The Bertz CT molecular complexity index is 396. The maximum absolute atomic E-state index is 11.6. The maximum Gasteiger partial charge on any atom is 0.315 e. The van der Waals surface area contributed by atoms with Crippen molar-refractivity contribution in [1.82, 2.24) is 0 Å². The molecule has 0 amide bonds. The third-order valence-electron chi connectivity index (χ3n) is 2.60. The SMILES string of the molecule is COC(=O)C(C)(C)c1ccc(O)c(OC)c1. The van der Waals surface area contributed by atoms with Crippen molar-refractivity contribution in [2.45, 2.75) is 19.3 Å². The minimum absolute atomic E-state index is 0.0481. The second-order valence-corrected chi connectivity index (χ2v) is 4.00. The molecule has 16 heavy (non-hydrogen) atoms. The van der Waals surface area contributed by atoms with E-state index in [4.69, 9.17) is 9.47 Å². The fourth-order valence-corrected chi connectivity index (χ4v) is 1.44. The molecule has 0 saturated heterocycles. The second kappa shape index (κ2) is 4.43. The Balaban J connectivity index is 3.18. The summed E-state index contributed by atoms with van der Waals surface area (Å²) in [5.41, 5.74) is -0.0376. The summed E-state index contributed by atoms with van der Waals surface area (Å²) in [6.45, 7) is 3.51. The van der Waals surface area contributed by atoms with Crippen LogP contribution in [-0.4, -0.2) is 25.3 Å². The number of ether oxygens (including phenoxy) is 2. The van der Waals surface area contributed by atoms with Gasteiger partial charge in [0.15, 0.2) is 11.5 Å². The van der Waals surface area contributed by atoms with Gasteiger partial charge in [-0.25, -0.2) is 0 Å². The number of methoxy groups -OCH3 is 2. The largest absolute Gasteiger partial charge is 0.504 e. The Morgan fingerprint density at radius 1 is 1.31 bits per heavy atom. The molecule has 1 aromatic rings. The number of rotatable bonds is 3. The van der Waals surface area contributed by atoms with Crippen LogP contribution in [0.3, 0.4) is 0 Å². The molecule has 1 rings (SSSR count). The number of carbonyl (C=O) groups excluding carboxylic acids is 1. The van der Waals surface area contributed by atoms with Gasteiger partial charge in [-0.1, -0.05) is 6.07 Å². The van der Waals surface area contributed by atoms with Crippen molar-refractivity contribution < 1.29 is 19.4 Å². The molecule has 0 bridgehead atoms. The van der Waals surface area contributed by atoms with E-state index in [1.165, 1.54) is 20.3 Å². The minimum atomic E-state index is -0.768. The van der Waals surface area contributed by atoms with Crippen LogP contribution in [0, 0.1) is 0 Å². The molecule has 0 spiro atoms. The summed E-state index contributed by atoms with van der Waals surface area (Å²) < 4.78 is 9.72. The normalized spacial score (nSPS) is 11.0. The number of aromatic hydroxyl groups is 1. The molecule has 0 radical (unpaired) electrons. The highest BCUT2D eigenvalue weighted by Gasteiger charge is 2.31. The summed E-state index contributed by atoms with van der Waals surface area (Å²) >= 11 is 0. The predicted octanol–water partition coefficient (Wildman–Crippen LogP) is 1.85. The van der Waals surface area contributed by atoms with Crippen LogP contribution in [0.25, 0.3) is 0 Å². The van der Waals surface area contributed by atoms with E-state index >= 15 is 0 Å². The van der Waals surface area contributed by atoms with Crippen LogP contribution in [-0.2, 0) is 14.9 Å². The van der Waals surface area contributed by atoms with Crippen molar-refractivity contribution in [3.63, 3.8) is 0 Å². The number of phenolic OH excluding ortho intramolecular Hbond substituents is 1. The van der Waals surface area contributed by atoms with E-state index in [0.717, 1.165) is 5.56 Å². The Hall–Kier alpha value is -1.71. The van der Waals surface area contributed by atoms with Crippen molar-refractivity contribution in [2.75, 3.05) is 14.2 Å². The molecule has 0 fully saturated rings. The van der Waals surface area contributed by atoms with E-state index in [-0.39, 0.29) is 11.7 Å². The first-order valence-electron chi connectivity index (χ1n) is 4.89. The quantitative estimate of drug-likeness (QED) is 0.796. The number of phenols is 1. The first-order chi connectivity index (χ1) is 7.43. The predicted molar refractivity (Wildman–Crippen MR) is 59.7 cm³/mol. The van der Waals surface area contributed by atoms with E-state index in [2.05, 4.69) is 0 Å². The lowest BCUT2D eigenvalue weighted by Gasteiger charge is -2.22. The number of benzene rings is 1. The van der Waals surface area contributed by atoms with Crippen molar-refractivity contribution in [3.05, 3.63) is 23.8 Å². The Morgan fingerprint density at radius 2 is 1.94 bits per heavy atom. The molecule has 0 heterocycles. The fourth-order valence-electron chi connectivity index (χ4n) is 1.44. The minimum Gasteiger partial charge on any atom is -0.504 e.